The first-order chi connectivity index (χ1) is 14.7. The Hall–Kier alpha value is -3.64. The maximum absolute atomic E-state index is 12.3. The summed E-state index contributed by atoms with van der Waals surface area (Å²) in [5.41, 5.74) is 4.61. The van der Waals surface area contributed by atoms with Gasteiger partial charge in [0.05, 0.1) is 13.1 Å². The number of primary amides is 1. The van der Waals surface area contributed by atoms with Gasteiger partial charge in [-0.05, 0) is 29.7 Å². The van der Waals surface area contributed by atoms with E-state index in [9.17, 15) is 19.5 Å². The Balaban J connectivity index is 1.54. The number of hydrogen-bond donors (Lipinski definition) is 2. The number of carbonyl (C=O) groups is 1. The lowest BCUT2D eigenvalue weighted by Gasteiger charge is -2.07. The van der Waals surface area contributed by atoms with Crippen LogP contribution in [-0.2, 0) is 20.1 Å². The topological polar surface area (TPSA) is 151 Å². The predicted octanol–water partition coefficient (Wildman–Crippen LogP) is -0.0626. The highest BCUT2D eigenvalue weighted by Crippen LogP contribution is 2.31. The van der Waals surface area contributed by atoms with Gasteiger partial charge in [-0.3, -0.25) is 18.7 Å². The Morgan fingerprint density at radius 1 is 1.29 bits per heavy atom. The maximum atomic E-state index is 12.3. The van der Waals surface area contributed by atoms with Crippen LogP contribution in [0.1, 0.15) is 32.7 Å². The molecule has 0 aliphatic heterocycles. The number of fused-ring (bicyclic) bond motifs is 1. The van der Waals surface area contributed by atoms with Crippen molar-refractivity contribution in [2.45, 2.75) is 26.1 Å². The minimum atomic E-state index is -0.937. The number of nitrogens with zero attached hydrogens (tertiary/aromatic N) is 6. The molecule has 0 saturated heterocycles. The predicted molar refractivity (Wildman–Crippen MR) is 113 cm³/mol. The molecule has 0 radical (unpaired) electrons. The van der Waals surface area contributed by atoms with E-state index in [0.717, 1.165) is 35.9 Å². The Bertz CT molecular complexity index is 1410. The van der Waals surface area contributed by atoms with Gasteiger partial charge in [-0.1, -0.05) is 17.7 Å². The molecule has 0 aliphatic carbocycles. The quantitative estimate of drug-likeness (QED) is 0.425. The van der Waals surface area contributed by atoms with Crippen molar-refractivity contribution in [2.75, 3.05) is 0 Å². The van der Waals surface area contributed by atoms with Crippen molar-refractivity contribution in [3.63, 3.8) is 0 Å². The molecule has 4 aromatic rings. The number of aliphatic hydroxyl groups excluding tert-OH is 1. The molecule has 0 aliphatic rings. The lowest BCUT2D eigenvalue weighted by Crippen LogP contribution is -2.42. The number of aromatic nitrogens is 6. The van der Waals surface area contributed by atoms with E-state index in [4.69, 9.17) is 5.73 Å². The third kappa shape index (κ3) is 4.02. The molecule has 0 unspecified atom stereocenters. The fourth-order valence-electron chi connectivity index (χ4n) is 3.17. The van der Waals surface area contributed by atoms with Gasteiger partial charge in [-0.15, -0.1) is 21.5 Å². The monoisotopic (exact) mass is 441 g/mol. The van der Waals surface area contributed by atoms with Gasteiger partial charge in [-0.25, -0.2) is 4.79 Å². The van der Waals surface area contributed by atoms with Crippen LogP contribution in [0.2, 0.25) is 0 Å². The number of benzene rings is 1. The molecule has 3 aromatic heterocycles. The molecule has 160 valence electrons. The van der Waals surface area contributed by atoms with Crippen LogP contribution < -0.4 is 17.0 Å². The molecule has 1 atom stereocenters. The second-order valence-corrected chi connectivity index (χ2v) is 8.26. The van der Waals surface area contributed by atoms with Gasteiger partial charge in [-0.2, -0.15) is 4.80 Å². The third-order valence-corrected chi connectivity index (χ3v) is 6.00. The van der Waals surface area contributed by atoms with Gasteiger partial charge in [0.15, 0.2) is 5.82 Å². The number of amides is 1. The molecule has 1 amide bonds. The molecule has 0 bridgehead atoms. The number of nitrogens with two attached hydrogens (primary N) is 1. The van der Waals surface area contributed by atoms with Crippen LogP contribution in [0.4, 0.5) is 0 Å². The van der Waals surface area contributed by atoms with Gasteiger partial charge in [0, 0.05) is 22.8 Å². The van der Waals surface area contributed by atoms with E-state index in [1.807, 2.05) is 25.1 Å². The fraction of sp³-hybridized carbons (Fsp3) is 0.263. The highest BCUT2D eigenvalue weighted by molar-refractivity contribution is 7.19. The highest BCUT2D eigenvalue weighted by Gasteiger charge is 2.17. The van der Waals surface area contributed by atoms with Crippen LogP contribution in [0.5, 0.6) is 0 Å². The van der Waals surface area contributed by atoms with E-state index in [1.54, 1.807) is 0 Å². The summed E-state index contributed by atoms with van der Waals surface area (Å²) in [4.78, 5) is 37.7. The lowest BCUT2D eigenvalue weighted by molar-refractivity contribution is 0.0997. The smallest absolute Gasteiger partial charge is 0.331 e. The van der Waals surface area contributed by atoms with Crippen molar-refractivity contribution in [2.24, 2.45) is 12.8 Å². The van der Waals surface area contributed by atoms with Crippen LogP contribution in [0.3, 0.4) is 0 Å². The Morgan fingerprint density at radius 2 is 2.06 bits per heavy atom. The second-order valence-electron chi connectivity index (χ2n) is 7.15. The Labute approximate surface area is 179 Å². The first-order valence-electron chi connectivity index (χ1n) is 9.28. The van der Waals surface area contributed by atoms with Crippen molar-refractivity contribution in [1.29, 1.82) is 0 Å². The second kappa shape index (κ2) is 7.89. The molecular formula is C19H19N7O4S. The summed E-state index contributed by atoms with van der Waals surface area (Å²) in [5, 5.41) is 23.6. The maximum Gasteiger partial charge on any atom is 0.331 e. The van der Waals surface area contributed by atoms with Gasteiger partial charge in [0.2, 0.25) is 0 Å². The molecule has 0 spiro atoms. The first-order valence-corrected chi connectivity index (χ1v) is 10.1. The third-order valence-electron chi connectivity index (χ3n) is 4.78. The minimum Gasteiger partial charge on any atom is -0.386 e. The Morgan fingerprint density at radius 3 is 2.81 bits per heavy atom. The zero-order valence-electron chi connectivity index (χ0n) is 16.7. The molecule has 0 saturated carbocycles. The Kier molecular flexibility index (Phi) is 5.25. The number of rotatable bonds is 6. The van der Waals surface area contributed by atoms with Crippen LogP contribution in [0.25, 0.3) is 10.1 Å². The number of carbonyl (C=O) groups excluding carboxylic acids is 1. The van der Waals surface area contributed by atoms with Crippen LogP contribution in [0, 0.1) is 6.92 Å². The molecule has 1 aromatic carbocycles. The van der Waals surface area contributed by atoms with Gasteiger partial charge in [0.1, 0.15) is 11.7 Å². The lowest BCUT2D eigenvalue weighted by atomic mass is 10.2. The van der Waals surface area contributed by atoms with Crippen LogP contribution in [0.15, 0.2) is 40.1 Å². The number of aryl methyl sites for hydroxylation is 1. The summed E-state index contributed by atoms with van der Waals surface area (Å²) in [7, 11) is 1.25. The summed E-state index contributed by atoms with van der Waals surface area (Å²) < 4.78 is 2.97. The van der Waals surface area contributed by atoms with E-state index >= 15 is 0 Å². The van der Waals surface area contributed by atoms with Crippen LogP contribution >= 0.6 is 11.3 Å². The molecule has 11 nitrogen and oxygen atoms in total. The number of thiophene rings is 1. The van der Waals surface area contributed by atoms with Crippen LogP contribution in [-0.4, -0.2) is 40.4 Å². The van der Waals surface area contributed by atoms with E-state index in [0.29, 0.717) is 0 Å². The largest absolute Gasteiger partial charge is 0.386 e. The van der Waals surface area contributed by atoms with Crippen molar-refractivity contribution >= 4 is 27.3 Å². The summed E-state index contributed by atoms with van der Waals surface area (Å²) in [6.45, 7) is 1.97. The SMILES string of the molecule is Cc1ccc2sc([C@@H](O)Cn3nnc(Cn4cc(C(N)=O)c(=O)n(C)c4=O)n3)cc2c1. The van der Waals surface area contributed by atoms with E-state index in [1.165, 1.54) is 23.2 Å². The molecule has 0 fully saturated rings. The summed E-state index contributed by atoms with van der Waals surface area (Å²) >= 11 is 1.49. The minimum absolute atomic E-state index is 0.0769. The van der Waals surface area contributed by atoms with Gasteiger partial charge in [0.25, 0.3) is 11.5 Å². The number of aliphatic hydroxyl groups is 1. The highest BCUT2D eigenvalue weighted by atomic mass is 32.1. The number of tetrazole rings is 1. The van der Waals surface area contributed by atoms with Gasteiger partial charge < -0.3 is 10.8 Å². The van der Waals surface area contributed by atoms with Crippen molar-refractivity contribution in [3.8, 4) is 0 Å². The first kappa shape index (κ1) is 20.6. The van der Waals surface area contributed by atoms with Crippen molar-refractivity contribution < 1.29 is 9.90 Å². The average molecular weight is 441 g/mol. The normalized spacial score (nSPS) is 12.4. The van der Waals surface area contributed by atoms with Crippen molar-refractivity contribution in [1.82, 2.24) is 29.3 Å². The molecule has 3 heterocycles. The standard InChI is InChI=1S/C19H19N7O4S/c1-10-3-4-14-11(5-10)6-15(31-14)13(27)8-26-22-16(21-23-26)9-25-7-12(17(20)28)18(29)24(2)19(25)30/h3-7,13,27H,8-9H2,1-2H3,(H2,20,28)/t13-/m0/s1. The zero-order valence-corrected chi connectivity index (χ0v) is 17.5. The van der Waals surface area contributed by atoms with E-state index in [2.05, 4.69) is 21.5 Å². The van der Waals surface area contributed by atoms with Gasteiger partial charge >= 0.3 is 5.69 Å². The molecule has 3 N–H and O–H groups in total. The average Bonchev–Trinajstić information content (AvgIpc) is 3.34. The fourth-order valence-corrected chi connectivity index (χ4v) is 4.19. The van der Waals surface area contributed by atoms with Crippen molar-refractivity contribution in [3.05, 3.63) is 73.1 Å². The molecule has 12 heteroatoms. The molecule has 31 heavy (non-hydrogen) atoms. The summed E-state index contributed by atoms with van der Waals surface area (Å²) in [6.07, 6.45) is 0.253. The zero-order chi connectivity index (χ0) is 22.3. The number of hydrogen-bond acceptors (Lipinski definition) is 8. The molecule has 4 rings (SSSR count). The summed E-state index contributed by atoms with van der Waals surface area (Å²) in [5.74, 6) is -0.761. The van der Waals surface area contributed by atoms with E-state index < -0.39 is 23.3 Å². The summed E-state index contributed by atoms with van der Waals surface area (Å²) in [6, 6.07) is 8.03. The molecular weight excluding hydrogens is 422 g/mol. The van der Waals surface area contributed by atoms with E-state index in [-0.39, 0.29) is 24.5 Å².